The molecule has 0 aliphatic rings. The molecule has 0 aliphatic heterocycles. The van der Waals surface area contributed by atoms with Crippen LogP contribution in [0.2, 0.25) is 0 Å². The highest BCUT2D eigenvalue weighted by atomic mass is 16.5. The van der Waals surface area contributed by atoms with E-state index in [2.05, 4.69) is 16.0 Å². The van der Waals surface area contributed by atoms with Gasteiger partial charge in [-0.05, 0) is 31.2 Å². The third-order valence-corrected chi connectivity index (χ3v) is 3.71. The van der Waals surface area contributed by atoms with Crippen molar-refractivity contribution < 1.29 is 28.7 Å². The molecule has 3 amide bonds. The molecule has 158 valence electrons. The Balaban J connectivity index is 1.70. The van der Waals surface area contributed by atoms with Crippen molar-refractivity contribution in [3.63, 3.8) is 0 Å². The molecular formula is C21H23N3O6. The standard InChI is InChI=1S/C21H23N3O6/c1-2-29-20(27)16-10-6-7-11-17(16)24-18(25)14-30-19(26)12-13-22-21(28)23-15-8-4-3-5-9-15/h3-11H,2,12-14H2,1H3,(H,24,25)(H2,22,23,28). The zero-order chi connectivity index (χ0) is 21.8. The molecule has 0 radical (unpaired) electrons. The third kappa shape index (κ3) is 7.63. The molecule has 0 spiro atoms. The summed E-state index contributed by atoms with van der Waals surface area (Å²) in [4.78, 5) is 47.4. The Labute approximate surface area is 173 Å². The van der Waals surface area contributed by atoms with E-state index < -0.39 is 30.5 Å². The Bertz CT molecular complexity index is 885. The minimum atomic E-state index is -0.649. The van der Waals surface area contributed by atoms with Gasteiger partial charge in [0.25, 0.3) is 5.91 Å². The smallest absolute Gasteiger partial charge is 0.340 e. The summed E-state index contributed by atoms with van der Waals surface area (Å²) in [7, 11) is 0. The highest BCUT2D eigenvalue weighted by Crippen LogP contribution is 2.16. The Kier molecular flexibility index (Phi) is 8.85. The quantitative estimate of drug-likeness (QED) is 0.543. The van der Waals surface area contributed by atoms with Gasteiger partial charge in [-0.3, -0.25) is 9.59 Å². The lowest BCUT2D eigenvalue weighted by Gasteiger charge is -2.11. The lowest BCUT2D eigenvalue weighted by molar-refractivity contribution is -0.147. The van der Waals surface area contributed by atoms with Crippen LogP contribution >= 0.6 is 0 Å². The van der Waals surface area contributed by atoms with E-state index >= 15 is 0 Å². The Morgan fingerprint density at radius 1 is 0.867 bits per heavy atom. The summed E-state index contributed by atoms with van der Waals surface area (Å²) in [5, 5.41) is 7.64. The van der Waals surface area contributed by atoms with Gasteiger partial charge < -0.3 is 25.4 Å². The first-order valence-electron chi connectivity index (χ1n) is 9.31. The van der Waals surface area contributed by atoms with E-state index in [0.29, 0.717) is 5.69 Å². The molecule has 2 aromatic rings. The number of hydrogen-bond donors (Lipinski definition) is 3. The SMILES string of the molecule is CCOC(=O)c1ccccc1NC(=O)COC(=O)CCNC(=O)Nc1ccccc1. The summed E-state index contributed by atoms with van der Waals surface area (Å²) in [6.07, 6.45) is -0.102. The van der Waals surface area contributed by atoms with Gasteiger partial charge in [-0.2, -0.15) is 0 Å². The number of ether oxygens (including phenoxy) is 2. The van der Waals surface area contributed by atoms with Gasteiger partial charge >= 0.3 is 18.0 Å². The molecule has 0 aromatic heterocycles. The van der Waals surface area contributed by atoms with Gasteiger partial charge in [0.2, 0.25) is 0 Å². The third-order valence-electron chi connectivity index (χ3n) is 3.71. The fourth-order valence-electron chi connectivity index (χ4n) is 2.36. The normalized spacial score (nSPS) is 9.90. The summed E-state index contributed by atoms with van der Waals surface area (Å²) < 4.78 is 9.82. The highest BCUT2D eigenvalue weighted by Gasteiger charge is 2.15. The Morgan fingerprint density at radius 3 is 2.30 bits per heavy atom. The molecule has 9 heteroatoms. The van der Waals surface area contributed by atoms with Crippen LogP contribution in [0, 0.1) is 0 Å². The first-order chi connectivity index (χ1) is 14.5. The van der Waals surface area contributed by atoms with Gasteiger partial charge in [0, 0.05) is 12.2 Å². The van der Waals surface area contributed by atoms with Crippen molar-refractivity contribution in [1.82, 2.24) is 5.32 Å². The largest absolute Gasteiger partial charge is 0.462 e. The first kappa shape index (κ1) is 22.4. The zero-order valence-electron chi connectivity index (χ0n) is 16.5. The predicted molar refractivity (Wildman–Crippen MR) is 110 cm³/mol. The van der Waals surface area contributed by atoms with Crippen LogP contribution in [0.25, 0.3) is 0 Å². The second kappa shape index (κ2) is 11.8. The number of rotatable bonds is 9. The van der Waals surface area contributed by atoms with E-state index in [1.54, 1.807) is 49.4 Å². The lowest BCUT2D eigenvalue weighted by atomic mass is 10.2. The van der Waals surface area contributed by atoms with Gasteiger partial charge in [-0.1, -0.05) is 30.3 Å². The minimum Gasteiger partial charge on any atom is -0.462 e. The number of anilines is 2. The van der Waals surface area contributed by atoms with Crippen molar-refractivity contribution in [1.29, 1.82) is 0 Å². The van der Waals surface area contributed by atoms with Gasteiger partial charge in [0.05, 0.1) is 24.3 Å². The average Bonchev–Trinajstić information content (AvgIpc) is 2.73. The van der Waals surface area contributed by atoms with Crippen LogP contribution in [0.5, 0.6) is 0 Å². The number of para-hydroxylation sites is 2. The van der Waals surface area contributed by atoms with E-state index in [9.17, 15) is 19.2 Å². The van der Waals surface area contributed by atoms with Crippen molar-refractivity contribution in [2.75, 3.05) is 30.4 Å². The van der Waals surface area contributed by atoms with Crippen LogP contribution < -0.4 is 16.0 Å². The van der Waals surface area contributed by atoms with Crippen molar-refractivity contribution in [3.05, 3.63) is 60.2 Å². The first-order valence-corrected chi connectivity index (χ1v) is 9.31. The molecule has 2 aromatic carbocycles. The minimum absolute atomic E-state index is 0.0464. The molecule has 2 rings (SSSR count). The second-order valence-corrected chi connectivity index (χ2v) is 5.97. The summed E-state index contributed by atoms with van der Waals surface area (Å²) >= 11 is 0. The number of hydrogen-bond acceptors (Lipinski definition) is 6. The van der Waals surface area contributed by atoms with Gasteiger partial charge in [-0.15, -0.1) is 0 Å². The number of esters is 2. The topological polar surface area (TPSA) is 123 Å². The van der Waals surface area contributed by atoms with E-state index in [4.69, 9.17) is 9.47 Å². The van der Waals surface area contributed by atoms with Crippen molar-refractivity contribution in [3.8, 4) is 0 Å². The molecule has 30 heavy (non-hydrogen) atoms. The molecule has 9 nitrogen and oxygen atoms in total. The van der Waals surface area contributed by atoms with Crippen LogP contribution in [0.1, 0.15) is 23.7 Å². The zero-order valence-corrected chi connectivity index (χ0v) is 16.5. The highest BCUT2D eigenvalue weighted by molar-refractivity contribution is 6.01. The number of carbonyl (C=O) groups is 4. The number of amides is 3. The molecule has 0 unspecified atom stereocenters. The maximum atomic E-state index is 12.0. The van der Waals surface area contributed by atoms with Crippen LogP contribution in [0.3, 0.4) is 0 Å². The van der Waals surface area contributed by atoms with E-state index in [-0.39, 0.29) is 30.8 Å². The molecule has 3 N–H and O–H groups in total. The molecule has 0 bridgehead atoms. The Morgan fingerprint density at radius 2 is 1.57 bits per heavy atom. The molecular weight excluding hydrogens is 390 g/mol. The number of nitrogens with one attached hydrogen (secondary N) is 3. The summed E-state index contributed by atoms with van der Waals surface area (Å²) in [5.41, 5.74) is 1.08. The van der Waals surface area contributed by atoms with Crippen LogP contribution in [-0.4, -0.2) is 43.6 Å². The maximum Gasteiger partial charge on any atom is 0.340 e. The fraction of sp³-hybridized carbons (Fsp3) is 0.238. The van der Waals surface area contributed by atoms with Crippen LogP contribution in [0.4, 0.5) is 16.2 Å². The second-order valence-electron chi connectivity index (χ2n) is 5.97. The molecule has 0 atom stereocenters. The van der Waals surface area contributed by atoms with Gasteiger partial charge in [0.15, 0.2) is 6.61 Å². The maximum absolute atomic E-state index is 12.0. The summed E-state index contributed by atoms with van der Waals surface area (Å²) in [6.45, 7) is 1.41. The predicted octanol–water partition coefficient (Wildman–Crippen LogP) is 2.56. The number of benzene rings is 2. The van der Waals surface area contributed by atoms with E-state index in [1.807, 2.05) is 6.07 Å². The van der Waals surface area contributed by atoms with E-state index in [1.165, 1.54) is 6.07 Å². The van der Waals surface area contributed by atoms with Crippen molar-refractivity contribution in [2.45, 2.75) is 13.3 Å². The van der Waals surface area contributed by atoms with Gasteiger partial charge in [-0.25, -0.2) is 9.59 Å². The van der Waals surface area contributed by atoms with E-state index in [0.717, 1.165) is 0 Å². The monoisotopic (exact) mass is 413 g/mol. The average molecular weight is 413 g/mol. The van der Waals surface area contributed by atoms with Gasteiger partial charge in [0.1, 0.15) is 0 Å². The van der Waals surface area contributed by atoms with Crippen LogP contribution in [-0.2, 0) is 19.1 Å². The van der Waals surface area contributed by atoms with Crippen molar-refractivity contribution >= 4 is 35.3 Å². The van der Waals surface area contributed by atoms with Crippen LogP contribution in [0.15, 0.2) is 54.6 Å². The number of urea groups is 1. The molecule has 0 aliphatic carbocycles. The molecule has 0 fully saturated rings. The summed E-state index contributed by atoms with van der Waals surface area (Å²) in [6, 6.07) is 14.7. The molecule has 0 saturated heterocycles. The Hall–Kier alpha value is -3.88. The number of carbonyl (C=O) groups excluding carboxylic acids is 4. The summed E-state index contributed by atoms with van der Waals surface area (Å²) in [5.74, 6) is -1.82. The van der Waals surface area contributed by atoms with Crippen molar-refractivity contribution in [2.24, 2.45) is 0 Å². The fourth-order valence-corrected chi connectivity index (χ4v) is 2.36. The molecule has 0 saturated carbocycles. The lowest BCUT2D eigenvalue weighted by Crippen LogP contribution is -2.31. The molecule has 0 heterocycles.